The zero-order valence-corrected chi connectivity index (χ0v) is 10.1. The molecule has 1 heterocycles. The molecular formula is C13H24N2O. The molecule has 3 heteroatoms. The average Bonchev–Trinajstić information content (AvgIpc) is 2.74. The fraction of sp³-hybridized carbons (Fsp3) is 0.923. The Morgan fingerprint density at radius 3 is 2.31 bits per heavy atom. The quantitative estimate of drug-likeness (QED) is 0.751. The predicted molar refractivity (Wildman–Crippen MR) is 65.2 cm³/mol. The molecule has 1 atom stereocenters. The van der Waals surface area contributed by atoms with E-state index in [4.69, 9.17) is 0 Å². The van der Waals surface area contributed by atoms with Gasteiger partial charge < -0.3 is 10.6 Å². The molecule has 0 bridgehead atoms. The van der Waals surface area contributed by atoms with Crippen molar-refractivity contribution in [2.45, 2.75) is 57.4 Å². The van der Waals surface area contributed by atoms with E-state index in [9.17, 15) is 4.79 Å². The van der Waals surface area contributed by atoms with Gasteiger partial charge in [-0.1, -0.05) is 32.1 Å². The first-order chi connectivity index (χ1) is 7.86. The molecule has 1 saturated heterocycles. The van der Waals surface area contributed by atoms with Gasteiger partial charge in [-0.2, -0.15) is 0 Å². The third-order valence-electron chi connectivity index (χ3n) is 3.88. The van der Waals surface area contributed by atoms with Crippen LogP contribution in [0.1, 0.15) is 51.4 Å². The number of nitrogens with one attached hydrogen (secondary N) is 2. The Labute approximate surface area is 98.4 Å². The zero-order valence-electron chi connectivity index (χ0n) is 10.1. The minimum atomic E-state index is 0.227. The van der Waals surface area contributed by atoms with Crippen LogP contribution in [-0.2, 0) is 4.79 Å². The lowest BCUT2D eigenvalue weighted by Crippen LogP contribution is -2.39. The van der Waals surface area contributed by atoms with Crippen LogP contribution in [0.3, 0.4) is 0 Å². The number of carbonyl (C=O) groups is 1. The van der Waals surface area contributed by atoms with Crippen molar-refractivity contribution in [1.29, 1.82) is 0 Å². The predicted octanol–water partition coefficient (Wildman–Crippen LogP) is 1.82. The van der Waals surface area contributed by atoms with Gasteiger partial charge in [0.05, 0.1) is 5.92 Å². The second-order valence-electron chi connectivity index (χ2n) is 5.24. The molecule has 0 radical (unpaired) electrons. The van der Waals surface area contributed by atoms with E-state index in [1.807, 2.05) is 0 Å². The first-order valence-corrected chi connectivity index (χ1v) is 6.87. The Bertz CT molecular complexity index is 216. The van der Waals surface area contributed by atoms with Crippen LogP contribution in [0.5, 0.6) is 0 Å². The third-order valence-corrected chi connectivity index (χ3v) is 3.88. The van der Waals surface area contributed by atoms with Crippen molar-refractivity contribution in [2.24, 2.45) is 5.92 Å². The van der Waals surface area contributed by atoms with Crippen molar-refractivity contribution in [1.82, 2.24) is 10.6 Å². The molecule has 2 rings (SSSR count). The highest BCUT2D eigenvalue weighted by atomic mass is 16.2. The van der Waals surface area contributed by atoms with E-state index < -0.39 is 0 Å². The van der Waals surface area contributed by atoms with E-state index in [1.165, 1.54) is 44.9 Å². The molecule has 0 spiro atoms. The monoisotopic (exact) mass is 224 g/mol. The summed E-state index contributed by atoms with van der Waals surface area (Å²) in [6.07, 6.45) is 10.0. The first kappa shape index (κ1) is 11.9. The molecule has 0 aromatic heterocycles. The maximum Gasteiger partial charge on any atom is 0.224 e. The summed E-state index contributed by atoms with van der Waals surface area (Å²) in [7, 11) is 0. The van der Waals surface area contributed by atoms with Gasteiger partial charge in [0.15, 0.2) is 0 Å². The Morgan fingerprint density at radius 1 is 1.00 bits per heavy atom. The summed E-state index contributed by atoms with van der Waals surface area (Å²) in [6.45, 7) is 1.88. The summed E-state index contributed by atoms with van der Waals surface area (Å²) in [5, 5.41) is 6.50. The van der Waals surface area contributed by atoms with Gasteiger partial charge in [-0.15, -0.1) is 0 Å². The summed E-state index contributed by atoms with van der Waals surface area (Å²) < 4.78 is 0. The van der Waals surface area contributed by atoms with Crippen molar-refractivity contribution in [2.75, 3.05) is 13.1 Å². The van der Waals surface area contributed by atoms with Crippen LogP contribution in [0.4, 0.5) is 0 Å². The van der Waals surface area contributed by atoms with Crippen molar-refractivity contribution in [3.8, 4) is 0 Å². The summed E-state index contributed by atoms with van der Waals surface area (Å²) >= 11 is 0. The average molecular weight is 224 g/mol. The molecule has 1 saturated carbocycles. The lowest BCUT2D eigenvalue weighted by Gasteiger charge is -2.22. The Kier molecular flexibility index (Phi) is 4.64. The Hall–Kier alpha value is -0.570. The minimum absolute atomic E-state index is 0.227. The molecule has 1 amide bonds. The highest BCUT2D eigenvalue weighted by molar-refractivity contribution is 5.79. The molecule has 2 fully saturated rings. The van der Waals surface area contributed by atoms with Crippen LogP contribution in [0.25, 0.3) is 0 Å². The van der Waals surface area contributed by atoms with Crippen LogP contribution in [0.2, 0.25) is 0 Å². The van der Waals surface area contributed by atoms with Crippen LogP contribution < -0.4 is 10.6 Å². The number of hydrogen-bond donors (Lipinski definition) is 2. The molecule has 2 aliphatic rings. The van der Waals surface area contributed by atoms with Gasteiger partial charge in [-0.05, 0) is 25.8 Å². The maximum atomic E-state index is 12.0. The van der Waals surface area contributed by atoms with E-state index in [2.05, 4.69) is 10.6 Å². The molecule has 2 N–H and O–H groups in total. The van der Waals surface area contributed by atoms with Gasteiger partial charge >= 0.3 is 0 Å². The summed E-state index contributed by atoms with van der Waals surface area (Å²) in [4.78, 5) is 12.0. The SMILES string of the molecule is O=C(NC1CCCCCCC1)C1CCNC1. The largest absolute Gasteiger partial charge is 0.353 e. The number of amides is 1. The van der Waals surface area contributed by atoms with Crippen molar-refractivity contribution in [3.05, 3.63) is 0 Å². The number of rotatable bonds is 2. The molecule has 0 aromatic carbocycles. The molecule has 1 aliphatic heterocycles. The number of carbonyl (C=O) groups excluding carboxylic acids is 1. The van der Waals surface area contributed by atoms with Crippen LogP contribution in [0.15, 0.2) is 0 Å². The minimum Gasteiger partial charge on any atom is -0.353 e. The molecule has 1 aliphatic carbocycles. The van der Waals surface area contributed by atoms with Gasteiger partial charge in [-0.3, -0.25) is 4.79 Å². The lowest BCUT2D eigenvalue weighted by molar-refractivity contribution is -0.125. The number of hydrogen-bond acceptors (Lipinski definition) is 2. The van der Waals surface area contributed by atoms with Gasteiger partial charge in [0.1, 0.15) is 0 Å². The second kappa shape index (κ2) is 6.24. The molecular weight excluding hydrogens is 200 g/mol. The molecule has 1 unspecified atom stereocenters. The Balaban J connectivity index is 1.75. The van der Waals surface area contributed by atoms with Gasteiger partial charge in [-0.25, -0.2) is 0 Å². The first-order valence-electron chi connectivity index (χ1n) is 6.87. The highest BCUT2D eigenvalue weighted by Crippen LogP contribution is 2.18. The smallest absolute Gasteiger partial charge is 0.224 e. The van der Waals surface area contributed by atoms with E-state index in [0.29, 0.717) is 6.04 Å². The normalized spacial score (nSPS) is 28.4. The Morgan fingerprint density at radius 2 is 1.69 bits per heavy atom. The van der Waals surface area contributed by atoms with Crippen molar-refractivity contribution < 1.29 is 4.79 Å². The standard InChI is InChI=1S/C13H24N2O/c16-13(11-8-9-14-10-11)15-12-6-4-2-1-3-5-7-12/h11-12,14H,1-10H2,(H,15,16). The fourth-order valence-corrected chi connectivity index (χ4v) is 2.80. The molecule has 16 heavy (non-hydrogen) atoms. The van der Waals surface area contributed by atoms with Crippen LogP contribution in [0, 0.1) is 5.92 Å². The maximum absolute atomic E-state index is 12.0. The lowest BCUT2D eigenvalue weighted by atomic mass is 9.96. The molecule has 0 aromatic rings. The van der Waals surface area contributed by atoms with Gasteiger partial charge in [0.25, 0.3) is 0 Å². The van der Waals surface area contributed by atoms with Gasteiger partial charge in [0.2, 0.25) is 5.91 Å². The molecule has 92 valence electrons. The molecule has 3 nitrogen and oxygen atoms in total. The van der Waals surface area contributed by atoms with E-state index in [0.717, 1.165) is 19.5 Å². The summed E-state index contributed by atoms with van der Waals surface area (Å²) in [5.74, 6) is 0.515. The third kappa shape index (κ3) is 3.48. The summed E-state index contributed by atoms with van der Waals surface area (Å²) in [6, 6.07) is 0.452. The van der Waals surface area contributed by atoms with Crippen LogP contribution in [-0.4, -0.2) is 25.0 Å². The fourth-order valence-electron chi connectivity index (χ4n) is 2.80. The highest BCUT2D eigenvalue weighted by Gasteiger charge is 2.24. The van der Waals surface area contributed by atoms with Gasteiger partial charge in [0, 0.05) is 12.6 Å². The van der Waals surface area contributed by atoms with E-state index in [-0.39, 0.29) is 11.8 Å². The topological polar surface area (TPSA) is 41.1 Å². The second-order valence-corrected chi connectivity index (χ2v) is 5.24. The van der Waals surface area contributed by atoms with E-state index >= 15 is 0 Å². The van der Waals surface area contributed by atoms with E-state index in [1.54, 1.807) is 0 Å². The zero-order chi connectivity index (χ0) is 11.2. The van der Waals surface area contributed by atoms with Crippen LogP contribution >= 0.6 is 0 Å². The van der Waals surface area contributed by atoms with Crippen molar-refractivity contribution >= 4 is 5.91 Å². The van der Waals surface area contributed by atoms with Crippen molar-refractivity contribution in [3.63, 3.8) is 0 Å². The summed E-state index contributed by atoms with van der Waals surface area (Å²) in [5.41, 5.74) is 0.